The van der Waals surface area contributed by atoms with Crippen LogP contribution in [-0.2, 0) is 10.2 Å². The van der Waals surface area contributed by atoms with E-state index in [-0.39, 0.29) is 11.8 Å². The molecule has 3 rings (SSSR count). The molecular weight excluding hydrogens is 348 g/mol. The van der Waals surface area contributed by atoms with E-state index < -0.39 is 17.0 Å². The molecule has 0 aromatic heterocycles. The van der Waals surface area contributed by atoms with E-state index in [9.17, 15) is 13.6 Å². The van der Waals surface area contributed by atoms with Gasteiger partial charge in [0.15, 0.2) is 11.6 Å². The number of benzene rings is 2. The van der Waals surface area contributed by atoms with Crippen molar-refractivity contribution in [3.8, 4) is 5.75 Å². The predicted octanol–water partition coefficient (Wildman–Crippen LogP) is 4.71. The minimum absolute atomic E-state index is 0.0114. The summed E-state index contributed by atoms with van der Waals surface area (Å²) in [6, 6.07) is 11.6. The first kappa shape index (κ1) is 19.3. The number of amides is 1. The highest BCUT2D eigenvalue weighted by Crippen LogP contribution is 2.42. The molecule has 0 spiro atoms. The molecule has 0 bridgehead atoms. The van der Waals surface area contributed by atoms with Gasteiger partial charge in [-0.2, -0.15) is 0 Å². The van der Waals surface area contributed by atoms with Gasteiger partial charge in [0.25, 0.3) is 0 Å². The Balaban J connectivity index is 1.74. The van der Waals surface area contributed by atoms with Gasteiger partial charge >= 0.3 is 0 Å². The first-order valence-corrected chi connectivity index (χ1v) is 9.34. The van der Waals surface area contributed by atoms with Gasteiger partial charge in [-0.1, -0.05) is 38.0 Å². The van der Waals surface area contributed by atoms with E-state index in [1.54, 1.807) is 13.2 Å². The van der Waals surface area contributed by atoms with E-state index >= 15 is 0 Å². The third-order valence-electron chi connectivity index (χ3n) is 5.60. The number of methoxy groups -OCH3 is 1. The van der Waals surface area contributed by atoms with Crippen LogP contribution >= 0.6 is 0 Å². The van der Waals surface area contributed by atoms with Gasteiger partial charge in [-0.3, -0.25) is 4.79 Å². The SMILES string of the molecule is COc1cccc(C2(C(=O)NCC(C)c3ccc(F)c(F)c3)CCCC2)c1. The molecule has 1 saturated carbocycles. The van der Waals surface area contributed by atoms with Crippen LogP contribution in [0.1, 0.15) is 49.7 Å². The normalized spacial score (nSPS) is 16.7. The molecule has 0 radical (unpaired) electrons. The summed E-state index contributed by atoms with van der Waals surface area (Å²) in [5.74, 6) is -1.12. The van der Waals surface area contributed by atoms with Crippen LogP contribution in [0.4, 0.5) is 8.78 Å². The predicted molar refractivity (Wildman–Crippen MR) is 101 cm³/mol. The van der Waals surface area contributed by atoms with Crippen LogP contribution in [0.15, 0.2) is 42.5 Å². The van der Waals surface area contributed by atoms with Crippen molar-refractivity contribution in [3.63, 3.8) is 0 Å². The Morgan fingerprint density at radius 3 is 2.56 bits per heavy atom. The standard InChI is InChI=1S/C22H25F2NO2/c1-15(16-8-9-19(23)20(24)12-16)14-25-21(26)22(10-3-4-11-22)17-6-5-7-18(13-17)27-2/h5-9,12-13,15H,3-4,10-11,14H2,1-2H3,(H,25,26). The van der Waals surface area contributed by atoms with E-state index in [1.807, 2.05) is 31.2 Å². The zero-order valence-electron chi connectivity index (χ0n) is 15.7. The van der Waals surface area contributed by atoms with E-state index in [1.165, 1.54) is 6.07 Å². The highest BCUT2D eigenvalue weighted by Gasteiger charge is 2.42. The van der Waals surface area contributed by atoms with Crippen molar-refractivity contribution in [2.24, 2.45) is 0 Å². The van der Waals surface area contributed by atoms with Gasteiger partial charge in [0.2, 0.25) is 5.91 Å². The fourth-order valence-corrected chi connectivity index (χ4v) is 3.90. The Morgan fingerprint density at radius 1 is 1.15 bits per heavy atom. The monoisotopic (exact) mass is 373 g/mol. The van der Waals surface area contributed by atoms with Crippen molar-refractivity contribution < 1.29 is 18.3 Å². The summed E-state index contributed by atoms with van der Waals surface area (Å²) in [6.45, 7) is 2.26. The maximum Gasteiger partial charge on any atom is 0.230 e. The average molecular weight is 373 g/mol. The van der Waals surface area contributed by atoms with Crippen molar-refractivity contribution >= 4 is 5.91 Å². The number of nitrogens with one attached hydrogen (secondary N) is 1. The lowest BCUT2D eigenvalue weighted by atomic mass is 9.77. The molecular formula is C22H25F2NO2. The number of rotatable bonds is 6. The highest BCUT2D eigenvalue weighted by atomic mass is 19.2. The summed E-state index contributed by atoms with van der Waals surface area (Å²) in [4.78, 5) is 13.1. The molecule has 5 heteroatoms. The van der Waals surface area contributed by atoms with E-state index in [2.05, 4.69) is 5.32 Å². The third-order valence-corrected chi connectivity index (χ3v) is 5.60. The zero-order chi connectivity index (χ0) is 19.4. The van der Waals surface area contributed by atoms with Gasteiger partial charge in [0, 0.05) is 6.54 Å². The number of hydrogen-bond acceptors (Lipinski definition) is 2. The van der Waals surface area contributed by atoms with Crippen LogP contribution < -0.4 is 10.1 Å². The molecule has 144 valence electrons. The summed E-state index contributed by atoms with van der Waals surface area (Å²) in [7, 11) is 1.62. The molecule has 0 heterocycles. The number of hydrogen-bond donors (Lipinski definition) is 1. The second kappa shape index (κ2) is 8.07. The van der Waals surface area contributed by atoms with Crippen molar-refractivity contribution in [1.29, 1.82) is 0 Å². The fraction of sp³-hybridized carbons (Fsp3) is 0.409. The van der Waals surface area contributed by atoms with E-state index in [4.69, 9.17) is 4.74 Å². The lowest BCUT2D eigenvalue weighted by molar-refractivity contribution is -0.126. The molecule has 1 atom stereocenters. The quantitative estimate of drug-likeness (QED) is 0.797. The number of halogens is 2. The van der Waals surface area contributed by atoms with Crippen LogP contribution in [0.5, 0.6) is 5.75 Å². The first-order chi connectivity index (χ1) is 13.0. The second-order valence-corrected chi connectivity index (χ2v) is 7.31. The fourth-order valence-electron chi connectivity index (χ4n) is 3.90. The summed E-state index contributed by atoms with van der Waals surface area (Å²) < 4.78 is 31.9. The lowest BCUT2D eigenvalue weighted by Gasteiger charge is -2.29. The third kappa shape index (κ3) is 3.97. The van der Waals surface area contributed by atoms with Crippen molar-refractivity contribution in [3.05, 3.63) is 65.2 Å². The van der Waals surface area contributed by atoms with E-state index in [0.29, 0.717) is 12.1 Å². The summed E-state index contributed by atoms with van der Waals surface area (Å²) in [5, 5.41) is 3.04. The molecule has 0 saturated heterocycles. The molecule has 0 aliphatic heterocycles. The average Bonchev–Trinajstić information content (AvgIpc) is 3.19. The van der Waals surface area contributed by atoms with Crippen LogP contribution in [0.25, 0.3) is 0 Å². The van der Waals surface area contributed by atoms with Gasteiger partial charge in [-0.25, -0.2) is 8.78 Å². The maximum absolute atomic E-state index is 13.5. The Hall–Kier alpha value is -2.43. The molecule has 3 nitrogen and oxygen atoms in total. The summed E-state index contributed by atoms with van der Waals surface area (Å²) in [5.41, 5.74) is 1.08. The minimum Gasteiger partial charge on any atom is -0.497 e. The molecule has 1 amide bonds. The Bertz CT molecular complexity index is 816. The van der Waals surface area contributed by atoms with Crippen LogP contribution in [0, 0.1) is 11.6 Å². The van der Waals surface area contributed by atoms with Crippen LogP contribution in [0.3, 0.4) is 0 Å². The largest absolute Gasteiger partial charge is 0.497 e. The van der Waals surface area contributed by atoms with Gasteiger partial charge in [-0.15, -0.1) is 0 Å². The molecule has 1 aliphatic rings. The molecule has 1 fully saturated rings. The first-order valence-electron chi connectivity index (χ1n) is 9.34. The van der Waals surface area contributed by atoms with Gasteiger partial charge < -0.3 is 10.1 Å². The van der Waals surface area contributed by atoms with Crippen LogP contribution in [0.2, 0.25) is 0 Å². The molecule has 27 heavy (non-hydrogen) atoms. The molecule has 1 N–H and O–H groups in total. The molecule has 2 aromatic carbocycles. The van der Waals surface area contributed by atoms with Crippen molar-refractivity contribution in [2.75, 3.05) is 13.7 Å². The number of ether oxygens (including phenoxy) is 1. The second-order valence-electron chi connectivity index (χ2n) is 7.31. The summed E-state index contributed by atoms with van der Waals surface area (Å²) >= 11 is 0. The Labute approximate surface area is 158 Å². The maximum atomic E-state index is 13.5. The minimum atomic E-state index is -0.866. The lowest BCUT2D eigenvalue weighted by Crippen LogP contribution is -2.43. The zero-order valence-corrected chi connectivity index (χ0v) is 15.7. The van der Waals surface area contributed by atoms with Gasteiger partial charge in [-0.05, 0) is 54.2 Å². The van der Waals surface area contributed by atoms with Crippen molar-refractivity contribution in [1.82, 2.24) is 5.32 Å². The Morgan fingerprint density at radius 2 is 1.89 bits per heavy atom. The number of carbonyl (C=O) groups is 1. The van der Waals surface area contributed by atoms with E-state index in [0.717, 1.165) is 43.1 Å². The molecule has 2 aromatic rings. The summed E-state index contributed by atoms with van der Waals surface area (Å²) in [6.07, 6.45) is 3.60. The van der Waals surface area contributed by atoms with Gasteiger partial charge in [0.05, 0.1) is 12.5 Å². The smallest absolute Gasteiger partial charge is 0.230 e. The Kier molecular flexibility index (Phi) is 5.78. The van der Waals surface area contributed by atoms with Gasteiger partial charge in [0.1, 0.15) is 5.75 Å². The molecule has 1 unspecified atom stereocenters. The van der Waals surface area contributed by atoms with Crippen LogP contribution in [-0.4, -0.2) is 19.6 Å². The highest BCUT2D eigenvalue weighted by molar-refractivity contribution is 5.88. The topological polar surface area (TPSA) is 38.3 Å². The molecule has 1 aliphatic carbocycles. The number of carbonyl (C=O) groups excluding carboxylic acids is 1. The van der Waals surface area contributed by atoms with Crippen molar-refractivity contribution in [2.45, 2.75) is 43.9 Å².